The van der Waals surface area contributed by atoms with Gasteiger partial charge in [0.05, 0.1) is 17.6 Å². The molecular weight excluding hydrogens is 320 g/mol. The molecule has 0 saturated carbocycles. The molecule has 0 unspecified atom stereocenters. The fraction of sp³-hybridized carbons (Fsp3) is 0.571. The van der Waals surface area contributed by atoms with Crippen molar-refractivity contribution in [3.05, 3.63) is 17.8 Å². The van der Waals surface area contributed by atoms with Gasteiger partial charge in [0.1, 0.15) is 11.4 Å². The molecule has 0 radical (unpaired) electrons. The van der Waals surface area contributed by atoms with Gasteiger partial charge in [-0.3, -0.25) is 4.72 Å². The number of carbonyl (C=O) groups is 1. The fourth-order valence-corrected chi connectivity index (χ4v) is 2.52. The lowest BCUT2D eigenvalue weighted by Gasteiger charge is -2.25. The zero-order valence-corrected chi connectivity index (χ0v) is 14.7. The number of carboxylic acids is 1. The average molecular weight is 344 g/mol. The number of aromatic carboxylic acids is 1. The van der Waals surface area contributed by atoms with Crippen LogP contribution in [0, 0.1) is 0 Å². The maximum absolute atomic E-state index is 11.6. The minimum atomic E-state index is -3.48. The van der Waals surface area contributed by atoms with Gasteiger partial charge in [-0.15, -0.1) is 0 Å². The van der Waals surface area contributed by atoms with Crippen LogP contribution < -0.4 is 9.62 Å². The van der Waals surface area contributed by atoms with E-state index in [1.165, 1.54) is 19.2 Å². The standard InChI is InChI=1S/C14H24N4O4S/c1-5-18(8-7-17(3)4)13-12(14(19)20)9-11(10-15-13)16-23(21,22)6-2/h9-10,16H,5-8H2,1-4H3,(H,19,20). The van der Waals surface area contributed by atoms with Crippen LogP contribution >= 0.6 is 0 Å². The lowest BCUT2D eigenvalue weighted by molar-refractivity contribution is 0.0697. The lowest BCUT2D eigenvalue weighted by atomic mass is 10.2. The van der Waals surface area contributed by atoms with Crippen LogP contribution in [0.25, 0.3) is 0 Å². The molecule has 0 aliphatic rings. The average Bonchev–Trinajstić information content (AvgIpc) is 2.48. The summed E-state index contributed by atoms with van der Waals surface area (Å²) in [5, 5.41) is 9.41. The van der Waals surface area contributed by atoms with E-state index in [1.54, 1.807) is 0 Å². The highest BCUT2D eigenvalue weighted by molar-refractivity contribution is 7.92. The third kappa shape index (κ3) is 5.68. The van der Waals surface area contributed by atoms with Gasteiger partial charge in [-0.05, 0) is 34.0 Å². The SMILES string of the molecule is CCN(CCN(C)C)c1ncc(NS(=O)(=O)CC)cc1C(=O)O. The first-order valence-corrected chi connectivity index (χ1v) is 8.98. The number of pyridine rings is 1. The van der Waals surface area contributed by atoms with Gasteiger partial charge in [0.25, 0.3) is 0 Å². The van der Waals surface area contributed by atoms with Gasteiger partial charge in [-0.2, -0.15) is 0 Å². The maximum atomic E-state index is 11.6. The summed E-state index contributed by atoms with van der Waals surface area (Å²) in [4.78, 5) is 19.5. The molecule has 1 aromatic heterocycles. The van der Waals surface area contributed by atoms with Crippen LogP contribution in [0.4, 0.5) is 11.5 Å². The Morgan fingerprint density at radius 2 is 1.96 bits per heavy atom. The molecule has 0 aliphatic carbocycles. The minimum Gasteiger partial charge on any atom is -0.478 e. The van der Waals surface area contributed by atoms with E-state index in [0.29, 0.717) is 18.9 Å². The van der Waals surface area contributed by atoms with Crippen LogP contribution in [0.5, 0.6) is 0 Å². The third-order valence-corrected chi connectivity index (χ3v) is 4.56. The van der Waals surface area contributed by atoms with E-state index in [9.17, 15) is 18.3 Å². The normalized spacial score (nSPS) is 11.5. The summed E-state index contributed by atoms with van der Waals surface area (Å²) >= 11 is 0. The Kier molecular flexibility index (Phi) is 6.77. The Labute approximate surface area is 137 Å². The molecule has 23 heavy (non-hydrogen) atoms. The van der Waals surface area contributed by atoms with Crippen LogP contribution in [-0.4, -0.2) is 68.9 Å². The molecule has 0 aliphatic heterocycles. The van der Waals surface area contributed by atoms with E-state index in [1.807, 2.05) is 30.8 Å². The quantitative estimate of drug-likeness (QED) is 0.687. The number of hydrogen-bond donors (Lipinski definition) is 2. The Morgan fingerprint density at radius 3 is 2.43 bits per heavy atom. The first-order chi connectivity index (χ1) is 10.7. The second-order valence-electron chi connectivity index (χ2n) is 5.29. The number of anilines is 2. The Morgan fingerprint density at radius 1 is 1.30 bits per heavy atom. The molecule has 1 heterocycles. The highest BCUT2D eigenvalue weighted by atomic mass is 32.2. The highest BCUT2D eigenvalue weighted by Crippen LogP contribution is 2.22. The topological polar surface area (TPSA) is 103 Å². The van der Waals surface area contributed by atoms with Gasteiger partial charge in [0, 0.05) is 19.6 Å². The van der Waals surface area contributed by atoms with Crippen molar-refractivity contribution in [2.45, 2.75) is 13.8 Å². The smallest absolute Gasteiger partial charge is 0.339 e. The highest BCUT2D eigenvalue weighted by Gasteiger charge is 2.19. The van der Waals surface area contributed by atoms with Crippen molar-refractivity contribution >= 4 is 27.5 Å². The van der Waals surface area contributed by atoms with E-state index in [2.05, 4.69) is 9.71 Å². The molecule has 0 spiro atoms. The molecular formula is C14H24N4O4S. The van der Waals surface area contributed by atoms with Crippen molar-refractivity contribution in [3.63, 3.8) is 0 Å². The van der Waals surface area contributed by atoms with Crippen LogP contribution in [0.3, 0.4) is 0 Å². The number of aromatic nitrogens is 1. The lowest BCUT2D eigenvalue weighted by Crippen LogP contribution is -2.33. The van der Waals surface area contributed by atoms with Crippen molar-refractivity contribution in [1.29, 1.82) is 0 Å². The van der Waals surface area contributed by atoms with Gasteiger partial charge in [0.15, 0.2) is 0 Å². The molecule has 1 rings (SSSR count). The first kappa shape index (κ1) is 19.2. The molecule has 1 aromatic rings. The molecule has 0 fully saturated rings. The van der Waals surface area contributed by atoms with Crippen molar-refractivity contribution in [2.24, 2.45) is 0 Å². The summed E-state index contributed by atoms with van der Waals surface area (Å²) in [6.07, 6.45) is 1.34. The van der Waals surface area contributed by atoms with E-state index in [0.717, 1.165) is 6.54 Å². The predicted molar refractivity (Wildman–Crippen MR) is 90.7 cm³/mol. The number of rotatable bonds is 9. The molecule has 0 aromatic carbocycles. The summed E-state index contributed by atoms with van der Waals surface area (Å²) in [6, 6.07) is 1.30. The third-order valence-electron chi connectivity index (χ3n) is 3.25. The molecule has 0 atom stereocenters. The van der Waals surface area contributed by atoms with Crippen LogP contribution in [0.1, 0.15) is 24.2 Å². The number of hydrogen-bond acceptors (Lipinski definition) is 6. The molecule has 2 N–H and O–H groups in total. The van der Waals surface area contributed by atoms with Crippen molar-refractivity contribution in [1.82, 2.24) is 9.88 Å². The predicted octanol–water partition coefficient (Wildman–Crippen LogP) is 0.929. The van der Waals surface area contributed by atoms with Gasteiger partial charge in [0.2, 0.25) is 10.0 Å². The monoisotopic (exact) mass is 344 g/mol. The van der Waals surface area contributed by atoms with E-state index >= 15 is 0 Å². The number of nitrogens with one attached hydrogen (secondary N) is 1. The summed E-state index contributed by atoms with van der Waals surface area (Å²) in [5.74, 6) is -0.907. The van der Waals surface area contributed by atoms with Gasteiger partial charge in [-0.25, -0.2) is 18.2 Å². The van der Waals surface area contributed by atoms with Gasteiger partial charge < -0.3 is 14.9 Å². The maximum Gasteiger partial charge on any atom is 0.339 e. The molecule has 9 heteroatoms. The van der Waals surface area contributed by atoms with Crippen molar-refractivity contribution in [2.75, 3.05) is 49.1 Å². The van der Waals surface area contributed by atoms with Crippen LogP contribution in [0.2, 0.25) is 0 Å². The number of sulfonamides is 1. The second-order valence-corrected chi connectivity index (χ2v) is 7.30. The van der Waals surface area contributed by atoms with Crippen LogP contribution in [0.15, 0.2) is 12.3 Å². The molecule has 130 valence electrons. The molecule has 8 nitrogen and oxygen atoms in total. The Hall–Kier alpha value is -1.87. The second kappa shape index (κ2) is 8.11. The Balaban J connectivity index is 3.15. The van der Waals surface area contributed by atoms with E-state index in [4.69, 9.17) is 0 Å². The molecule has 0 saturated heterocycles. The van der Waals surface area contributed by atoms with E-state index in [-0.39, 0.29) is 17.0 Å². The summed E-state index contributed by atoms with van der Waals surface area (Å²) in [7, 11) is 0.387. The van der Waals surface area contributed by atoms with Crippen LogP contribution in [-0.2, 0) is 10.0 Å². The minimum absolute atomic E-state index is 0.0260. The molecule has 0 bridgehead atoms. The van der Waals surface area contributed by atoms with Crippen molar-refractivity contribution < 1.29 is 18.3 Å². The van der Waals surface area contributed by atoms with Gasteiger partial charge in [-0.1, -0.05) is 0 Å². The zero-order valence-electron chi connectivity index (χ0n) is 13.9. The summed E-state index contributed by atoms with van der Waals surface area (Å²) in [6.45, 7) is 5.38. The largest absolute Gasteiger partial charge is 0.478 e. The number of carboxylic acid groups (broad SMARTS) is 1. The number of nitrogens with zero attached hydrogens (tertiary/aromatic N) is 3. The van der Waals surface area contributed by atoms with Gasteiger partial charge >= 0.3 is 5.97 Å². The van der Waals surface area contributed by atoms with Crippen molar-refractivity contribution in [3.8, 4) is 0 Å². The Bertz CT molecular complexity index is 646. The summed E-state index contributed by atoms with van der Waals surface area (Å²) in [5.41, 5.74) is 0.124. The summed E-state index contributed by atoms with van der Waals surface area (Å²) < 4.78 is 25.5. The fourth-order valence-electron chi connectivity index (χ4n) is 1.91. The number of likely N-dealkylation sites (N-methyl/N-ethyl adjacent to an activating group) is 2. The zero-order chi connectivity index (χ0) is 17.6. The molecule has 0 amide bonds. The first-order valence-electron chi connectivity index (χ1n) is 7.33. The van der Waals surface area contributed by atoms with E-state index < -0.39 is 16.0 Å².